The van der Waals surface area contributed by atoms with E-state index in [1.165, 1.54) is 0 Å². The summed E-state index contributed by atoms with van der Waals surface area (Å²) >= 11 is 0. The summed E-state index contributed by atoms with van der Waals surface area (Å²) in [7, 11) is 1.90. The van der Waals surface area contributed by atoms with Crippen molar-refractivity contribution in [1.29, 1.82) is 0 Å². The molecule has 2 aromatic rings. The van der Waals surface area contributed by atoms with Crippen molar-refractivity contribution in [3.63, 3.8) is 0 Å². The van der Waals surface area contributed by atoms with Crippen LogP contribution < -0.4 is 4.90 Å². The van der Waals surface area contributed by atoms with Crippen LogP contribution in [0.5, 0.6) is 0 Å². The van der Waals surface area contributed by atoms with E-state index in [9.17, 15) is 0 Å². The maximum Gasteiger partial charge on any atom is 0.135 e. The molecule has 2 rings (SSSR count). The van der Waals surface area contributed by atoms with Gasteiger partial charge in [-0.1, -0.05) is 0 Å². The van der Waals surface area contributed by atoms with Crippen molar-refractivity contribution in [1.82, 2.24) is 4.98 Å². The van der Waals surface area contributed by atoms with Gasteiger partial charge in [0.25, 0.3) is 0 Å². The highest BCUT2D eigenvalue weighted by molar-refractivity contribution is 5.58. The summed E-state index contributed by atoms with van der Waals surface area (Å²) < 4.78 is 5.52. The summed E-state index contributed by atoms with van der Waals surface area (Å²) in [6.45, 7) is 2.61. The lowest BCUT2D eigenvalue weighted by Crippen LogP contribution is -2.21. The average Bonchev–Trinajstić information content (AvgIpc) is 2.76. The Morgan fingerprint density at radius 1 is 1.29 bits per heavy atom. The number of nitrogens with zero attached hydrogens (tertiary/aromatic N) is 2. The van der Waals surface area contributed by atoms with Crippen LogP contribution in [0.4, 0.5) is 5.82 Å². The van der Waals surface area contributed by atoms with Crippen LogP contribution in [-0.4, -0.2) is 30.3 Å². The third kappa shape index (κ3) is 2.65. The lowest BCUT2D eigenvalue weighted by molar-refractivity contribution is 0.304. The number of rotatable bonds is 4. The Labute approximate surface area is 101 Å². The minimum absolute atomic E-state index is 0.122. The van der Waals surface area contributed by atoms with Gasteiger partial charge in [0.1, 0.15) is 17.3 Å². The smallest absolute Gasteiger partial charge is 0.135 e. The van der Waals surface area contributed by atoms with E-state index in [-0.39, 0.29) is 6.61 Å². The molecular formula is C13H16N2O2. The van der Waals surface area contributed by atoms with Gasteiger partial charge in [-0.25, -0.2) is 4.98 Å². The van der Waals surface area contributed by atoms with E-state index in [2.05, 4.69) is 4.98 Å². The minimum atomic E-state index is 0.122. The van der Waals surface area contributed by atoms with E-state index < -0.39 is 0 Å². The Morgan fingerprint density at radius 3 is 2.65 bits per heavy atom. The fourth-order valence-corrected chi connectivity index (χ4v) is 1.61. The second-order valence-electron chi connectivity index (χ2n) is 3.96. The predicted octanol–water partition coefficient (Wildman–Crippen LogP) is 2.08. The van der Waals surface area contributed by atoms with Crippen molar-refractivity contribution >= 4 is 5.82 Å². The van der Waals surface area contributed by atoms with Gasteiger partial charge in [-0.2, -0.15) is 0 Å². The highest BCUT2D eigenvalue weighted by atomic mass is 16.3. The van der Waals surface area contributed by atoms with Crippen LogP contribution in [0.3, 0.4) is 0 Å². The van der Waals surface area contributed by atoms with Crippen molar-refractivity contribution in [3.05, 3.63) is 36.2 Å². The van der Waals surface area contributed by atoms with Crippen LogP contribution in [0, 0.1) is 6.92 Å². The zero-order valence-corrected chi connectivity index (χ0v) is 10.1. The first-order valence-electron chi connectivity index (χ1n) is 5.55. The van der Waals surface area contributed by atoms with Crippen LogP contribution in [0.15, 0.2) is 34.9 Å². The number of hydrogen-bond donors (Lipinski definition) is 1. The van der Waals surface area contributed by atoms with Gasteiger partial charge in [0.2, 0.25) is 0 Å². The number of pyridine rings is 1. The van der Waals surface area contributed by atoms with Crippen LogP contribution in [0.1, 0.15) is 5.76 Å². The topological polar surface area (TPSA) is 49.5 Å². The number of anilines is 1. The molecule has 2 aromatic heterocycles. The van der Waals surface area contributed by atoms with E-state index in [1.807, 2.05) is 43.1 Å². The first-order valence-corrected chi connectivity index (χ1v) is 5.55. The number of aryl methyl sites for hydroxylation is 1. The molecule has 0 aliphatic rings. The molecule has 0 aromatic carbocycles. The molecule has 0 amide bonds. The fourth-order valence-electron chi connectivity index (χ4n) is 1.61. The Morgan fingerprint density at radius 2 is 2.12 bits per heavy atom. The zero-order chi connectivity index (χ0) is 12.3. The first-order chi connectivity index (χ1) is 8.20. The Balaban J connectivity index is 2.18. The molecule has 1 N–H and O–H groups in total. The van der Waals surface area contributed by atoms with Gasteiger partial charge in [0.15, 0.2) is 0 Å². The van der Waals surface area contributed by atoms with Gasteiger partial charge in [0, 0.05) is 25.4 Å². The maximum absolute atomic E-state index is 8.85. The van der Waals surface area contributed by atoms with Gasteiger partial charge in [0.05, 0.1) is 6.61 Å². The number of aliphatic hydroxyl groups is 1. The fraction of sp³-hybridized carbons (Fsp3) is 0.308. The molecule has 17 heavy (non-hydrogen) atoms. The molecule has 0 radical (unpaired) electrons. The van der Waals surface area contributed by atoms with E-state index in [1.54, 1.807) is 6.20 Å². The zero-order valence-electron chi connectivity index (χ0n) is 10.1. The normalized spacial score (nSPS) is 10.5. The highest BCUT2D eigenvalue weighted by Crippen LogP contribution is 2.22. The standard InChI is InChI=1S/C13H16N2O2/c1-10-3-5-12(17-10)11-4-6-13(14-9-11)15(2)7-8-16/h3-6,9,16H,7-8H2,1-2H3. The SMILES string of the molecule is Cc1ccc(-c2ccc(N(C)CCO)nc2)o1. The lowest BCUT2D eigenvalue weighted by Gasteiger charge is -2.16. The van der Waals surface area contributed by atoms with Crippen LogP contribution in [0.25, 0.3) is 11.3 Å². The van der Waals surface area contributed by atoms with Crippen molar-refractivity contribution in [2.75, 3.05) is 25.1 Å². The summed E-state index contributed by atoms with van der Waals surface area (Å²) in [4.78, 5) is 6.24. The Hall–Kier alpha value is -1.81. The van der Waals surface area contributed by atoms with E-state index in [0.717, 1.165) is 22.9 Å². The molecule has 0 spiro atoms. The minimum Gasteiger partial charge on any atom is -0.461 e. The number of likely N-dealkylation sites (N-methyl/N-ethyl adjacent to an activating group) is 1. The molecule has 4 heteroatoms. The molecule has 90 valence electrons. The largest absolute Gasteiger partial charge is 0.461 e. The molecule has 0 unspecified atom stereocenters. The van der Waals surface area contributed by atoms with Gasteiger partial charge in [-0.3, -0.25) is 0 Å². The molecule has 4 nitrogen and oxygen atoms in total. The lowest BCUT2D eigenvalue weighted by atomic mass is 10.2. The quantitative estimate of drug-likeness (QED) is 0.876. The molecule has 0 bridgehead atoms. The summed E-state index contributed by atoms with van der Waals surface area (Å²) in [6.07, 6.45) is 1.78. The number of furan rings is 1. The van der Waals surface area contributed by atoms with Gasteiger partial charge in [-0.05, 0) is 31.2 Å². The van der Waals surface area contributed by atoms with Crippen molar-refractivity contribution in [2.45, 2.75) is 6.92 Å². The Kier molecular flexibility index (Phi) is 3.44. The predicted molar refractivity (Wildman–Crippen MR) is 67.0 cm³/mol. The maximum atomic E-state index is 8.85. The van der Waals surface area contributed by atoms with Crippen LogP contribution in [-0.2, 0) is 0 Å². The average molecular weight is 232 g/mol. The summed E-state index contributed by atoms with van der Waals surface area (Å²) in [6, 6.07) is 7.75. The second-order valence-corrected chi connectivity index (χ2v) is 3.96. The molecule has 0 saturated carbocycles. The first kappa shape index (κ1) is 11.7. The molecule has 0 aliphatic carbocycles. The summed E-state index contributed by atoms with van der Waals surface area (Å²) in [5.74, 6) is 2.55. The van der Waals surface area contributed by atoms with E-state index >= 15 is 0 Å². The molecule has 2 heterocycles. The number of aliphatic hydroxyl groups excluding tert-OH is 1. The van der Waals surface area contributed by atoms with E-state index in [0.29, 0.717) is 6.54 Å². The molecule has 0 atom stereocenters. The third-order valence-corrected chi connectivity index (χ3v) is 2.60. The third-order valence-electron chi connectivity index (χ3n) is 2.60. The van der Waals surface area contributed by atoms with Gasteiger partial charge < -0.3 is 14.4 Å². The van der Waals surface area contributed by atoms with Crippen LogP contribution in [0.2, 0.25) is 0 Å². The van der Waals surface area contributed by atoms with Crippen molar-refractivity contribution in [3.8, 4) is 11.3 Å². The summed E-state index contributed by atoms with van der Waals surface area (Å²) in [5.41, 5.74) is 0.958. The number of aromatic nitrogens is 1. The Bertz CT molecular complexity index is 476. The number of hydrogen-bond acceptors (Lipinski definition) is 4. The molecule has 0 fully saturated rings. The highest BCUT2D eigenvalue weighted by Gasteiger charge is 2.05. The van der Waals surface area contributed by atoms with Crippen molar-refractivity contribution in [2.24, 2.45) is 0 Å². The van der Waals surface area contributed by atoms with Gasteiger partial charge >= 0.3 is 0 Å². The van der Waals surface area contributed by atoms with Crippen molar-refractivity contribution < 1.29 is 9.52 Å². The second kappa shape index (κ2) is 5.01. The van der Waals surface area contributed by atoms with Crippen LogP contribution >= 0.6 is 0 Å². The molecule has 0 aliphatic heterocycles. The summed E-state index contributed by atoms with van der Waals surface area (Å²) in [5, 5.41) is 8.85. The van der Waals surface area contributed by atoms with E-state index in [4.69, 9.17) is 9.52 Å². The molecular weight excluding hydrogens is 216 g/mol. The van der Waals surface area contributed by atoms with Gasteiger partial charge in [-0.15, -0.1) is 0 Å². The monoisotopic (exact) mass is 232 g/mol. The molecule has 0 saturated heterocycles.